The molecular formula is C14H17BrN2O2. The van der Waals surface area contributed by atoms with E-state index in [1.165, 1.54) is 12.8 Å². The number of aromatic nitrogens is 1. The highest BCUT2D eigenvalue weighted by Gasteiger charge is 2.39. The van der Waals surface area contributed by atoms with Crippen molar-refractivity contribution in [3.8, 4) is 0 Å². The van der Waals surface area contributed by atoms with Crippen molar-refractivity contribution in [3.63, 3.8) is 0 Å². The number of hydrogen-bond acceptors (Lipinski definition) is 4. The van der Waals surface area contributed by atoms with E-state index in [2.05, 4.69) is 32.9 Å². The van der Waals surface area contributed by atoms with E-state index in [4.69, 9.17) is 4.74 Å². The van der Waals surface area contributed by atoms with Gasteiger partial charge in [0.2, 0.25) is 0 Å². The van der Waals surface area contributed by atoms with Crippen LogP contribution in [-0.2, 0) is 4.74 Å². The van der Waals surface area contributed by atoms with Crippen LogP contribution in [0.1, 0.15) is 36.0 Å². The lowest BCUT2D eigenvalue weighted by Gasteiger charge is -2.35. The topological polar surface area (TPSA) is 42.4 Å². The van der Waals surface area contributed by atoms with Crippen LogP contribution in [0.4, 0.5) is 0 Å². The number of piperidine rings is 1. The molecule has 0 unspecified atom stereocenters. The third-order valence-corrected chi connectivity index (χ3v) is 4.70. The molecule has 2 atom stereocenters. The molecular weight excluding hydrogens is 308 g/mol. The summed E-state index contributed by atoms with van der Waals surface area (Å²) in [6.45, 7) is 0. The Kier molecular flexibility index (Phi) is 3.58. The molecule has 0 saturated carbocycles. The van der Waals surface area contributed by atoms with Crippen LogP contribution in [0.3, 0.4) is 0 Å². The number of pyridine rings is 1. The quantitative estimate of drug-likeness (QED) is 0.784. The molecule has 1 aromatic rings. The third-order valence-electron chi connectivity index (χ3n) is 4.27. The number of carbonyl (C=O) groups is 1. The van der Waals surface area contributed by atoms with E-state index in [1.54, 1.807) is 18.5 Å². The van der Waals surface area contributed by atoms with Crippen molar-refractivity contribution in [2.75, 3.05) is 7.05 Å². The van der Waals surface area contributed by atoms with Crippen LogP contribution in [0, 0.1) is 0 Å². The summed E-state index contributed by atoms with van der Waals surface area (Å²) < 4.78 is 6.43. The van der Waals surface area contributed by atoms with Crippen molar-refractivity contribution in [2.45, 2.75) is 43.9 Å². The van der Waals surface area contributed by atoms with E-state index in [1.807, 2.05) is 0 Å². The second-order valence-corrected chi connectivity index (χ2v) is 6.36. The molecule has 2 aliphatic heterocycles. The first-order valence-corrected chi connectivity index (χ1v) is 7.46. The molecule has 0 amide bonds. The van der Waals surface area contributed by atoms with Crippen LogP contribution >= 0.6 is 15.9 Å². The van der Waals surface area contributed by atoms with E-state index in [0.717, 1.165) is 17.3 Å². The zero-order chi connectivity index (χ0) is 13.4. The predicted molar refractivity (Wildman–Crippen MR) is 74.9 cm³/mol. The zero-order valence-corrected chi connectivity index (χ0v) is 12.5. The highest BCUT2D eigenvalue weighted by Crippen LogP contribution is 2.35. The number of fused-ring (bicyclic) bond motifs is 2. The Morgan fingerprint density at radius 2 is 2.05 bits per heavy atom. The smallest absolute Gasteiger partial charge is 0.340 e. The fraction of sp³-hybridized carbons (Fsp3) is 0.571. The average Bonchev–Trinajstić information content (AvgIpc) is 2.62. The highest BCUT2D eigenvalue weighted by molar-refractivity contribution is 9.10. The van der Waals surface area contributed by atoms with E-state index >= 15 is 0 Å². The van der Waals surface area contributed by atoms with Crippen LogP contribution in [-0.4, -0.2) is 41.1 Å². The first kappa shape index (κ1) is 13.1. The molecule has 4 nitrogen and oxygen atoms in total. The number of hydrogen-bond donors (Lipinski definition) is 0. The van der Waals surface area contributed by atoms with Gasteiger partial charge in [0.15, 0.2) is 0 Å². The molecule has 2 bridgehead atoms. The van der Waals surface area contributed by atoms with Crippen molar-refractivity contribution >= 4 is 21.9 Å². The molecule has 2 fully saturated rings. The molecule has 102 valence electrons. The van der Waals surface area contributed by atoms with Gasteiger partial charge >= 0.3 is 5.97 Å². The van der Waals surface area contributed by atoms with Gasteiger partial charge in [-0.2, -0.15) is 0 Å². The summed E-state index contributed by atoms with van der Waals surface area (Å²) in [7, 11) is 2.18. The minimum absolute atomic E-state index is 0.0557. The maximum Gasteiger partial charge on any atom is 0.340 e. The fourth-order valence-corrected chi connectivity index (χ4v) is 3.57. The molecule has 2 saturated heterocycles. The first-order chi connectivity index (χ1) is 9.13. The zero-order valence-electron chi connectivity index (χ0n) is 10.9. The van der Waals surface area contributed by atoms with Crippen LogP contribution in [0.25, 0.3) is 0 Å². The minimum Gasteiger partial charge on any atom is -0.459 e. The van der Waals surface area contributed by atoms with E-state index in [0.29, 0.717) is 17.6 Å². The van der Waals surface area contributed by atoms with Crippen molar-refractivity contribution in [3.05, 3.63) is 28.5 Å². The number of halogens is 1. The maximum absolute atomic E-state index is 12.1. The number of carbonyl (C=O) groups excluding carboxylic acids is 1. The normalized spacial score (nSPS) is 30.3. The lowest BCUT2D eigenvalue weighted by Crippen LogP contribution is -2.43. The van der Waals surface area contributed by atoms with Gasteiger partial charge in [-0.15, -0.1) is 0 Å². The monoisotopic (exact) mass is 324 g/mol. The summed E-state index contributed by atoms with van der Waals surface area (Å²) in [6.07, 6.45) is 7.64. The number of nitrogens with zero attached hydrogens (tertiary/aromatic N) is 2. The second-order valence-electron chi connectivity index (χ2n) is 5.44. The summed E-state index contributed by atoms with van der Waals surface area (Å²) in [4.78, 5) is 18.5. The average molecular weight is 325 g/mol. The predicted octanol–water partition coefficient (Wildman–Crippen LogP) is 2.63. The maximum atomic E-state index is 12.1. The molecule has 3 rings (SSSR count). The molecule has 0 N–H and O–H groups in total. The summed E-state index contributed by atoms with van der Waals surface area (Å²) in [5.41, 5.74) is 0.514. The van der Waals surface area contributed by atoms with Gasteiger partial charge in [-0.3, -0.25) is 4.98 Å². The molecule has 3 heterocycles. The van der Waals surface area contributed by atoms with E-state index in [-0.39, 0.29) is 12.1 Å². The SMILES string of the molecule is CN1[C@@H]2CC[C@@H]1CC(OC(=O)c1cncc(Br)c1)C2. The molecule has 5 heteroatoms. The molecule has 0 radical (unpaired) electrons. The standard InChI is InChI=1S/C14H17BrN2O2/c1-17-11-2-3-12(17)6-13(5-11)19-14(18)9-4-10(15)8-16-7-9/h4,7-8,11-13H,2-3,5-6H2,1H3/t11-,12-/m1/s1. The first-order valence-electron chi connectivity index (χ1n) is 6.67. The van der Waals surface area contributed by atoms with E-state index in [9.17, 15) is 4.79 Å². The Morgan fingerprint density at radius 1 is 1.37 bits per heavy atom. The van der Waals surface area contributed by atoms with Crippen LogP contribution in [0.15, 0.2) is 22.9 Å². The molecule has 19 heavy (non-hydrogen) atoms. The van der Waals surface area contributed by atoms with Crippen LogP contribution in [0.5, 0.6) is 0 Å². The lowest BCUT2D eigenvalue weighted by atomic mass is 10.0. The number of ether oxygens (including phenoxy) is 1. The summed E-state index contributed by atoms with van der Waals surface area (Å²) in [6, 6.07) is 2.91. The molecule has 0 aliphatic carbocycles. The summed E-state index contributed by atoms with van der Waals surface area (Å²) in [5.74, 6) is -0.261. The van der Waals surface area contributed by atoms with Crippen LogP contribution < -0.4 is 0 Å². The number of rotatable bonds is 2. The summed E-state index contributed by atoms with van der Waals surface area (Å²) in [5, 5.41) is 0. The van der Waals surface area contributed by atoms with Gasteiger partial charge in [-0.1, -0.05) is 0 Å². The van der Waals surface area contributed by atoms with Gasteiger partial charge in [-0.05, 0) is 41.9 Å². The van der Waals surface area contributed by atoms with Crippen molar-refractivity contribution in [1.82, 2.24) is 9.88 Å². The van der Waals surface area contributed by atoms with Crippen LogP contribution in [0.2, 0.25) is 0 Å². The lowest BCUT2D eigenvalue weighted by molar-refractivity contribution is -0.000491. The largest absolute Gasteiger partial charge is 0.459 e. The fourth-order valence-electron chi connectivity index (χ4n) is 3.20. The Hall–Kier alpha value is -0.940. The Bertz CT molecular complexity index is 480. The highest BCUT2D eigenvalue weighted by atomic mass is 79.9. The van der Waals surface area contributed by atoms with Crippen molar-refractivity contribution < 1.29 is 9.53 Å². The molecule has 0 aromatic carbocycles. The van der Waals surface area contributed by atoms with Crippen molar-refractivity contribution in [1.29, 1.82) is 0 Å². The van der Waals surface area contributed by atoms with Gasteiger partial charge < -0.3 is 9.64 Å². The third kappa shape index (κ3) is 2.67. The molecule has 0 spiro atoms. The van der Waals surface area contributed by atoms with Gasteiger partial charge in [0.25, 0.3) is 0 Å². The van der Waals surface area contributed by atoms with Gasteiger partial charge in [0.1, 0.15) is 6.10 Å². The van der Waals surface area contributed by atoms with Gasteiger partial charge in [-0.25, -0.2) is 4.79 Å². The Balaban J connectivity index is 1.65. The second kappa shape index (κ2) is 5.21. The van der Waals surface area contributed by atoms with E-state index < -0.39 is 0 Å². The molecule has 1 aromatic heterocycles. The van der Waals surface area contributed by atoms with Crippen molar-refractivity contribution in [2.24, 2.45) is 0 Å². The Labute approximate surface area is 121 Å². The Morgan fingerprint density at radius 3 is 2.68 bits per heavy atom. The number of esters is 1. The summed E-state index contributed by atoms with van der Waals surface area (Å²) >= 11 is 3.32. The van der Waals surface area contributed by atoms with Gasteiger partial charge in [0, 0.05) is 41.8 Å². The molecule has 2 aliphatic rings. The van der Waals surface area contributed by atoms with Gasteiger partial charge in [0.05, 0.1) is 5.56 Å². The minimum atomic E-state index is -0.261.